The Morgan fingerprint density at radius 1 is 1.62 bits per heavy atom. The van der Waals surface area contributed by atoms with E-state index in [1.54, 1.807) is 6.92 Å². The summed E-state index contributed by atoms with van der Waals surface area (Å²) in [5.41, 5.74) is 0. The van der Waals surface area contributed by atoms with E-state index in [2.05, 4.69) is 5.92 Å². The first-order chi connectivity index (χ1) is 5.95. The molecule has 1 aliphatic rings. The minimum atomic E-state index is -1.53. The van der Waals surface area contributed by atoms with Crippen molar-refractivity contribution in [3.8, 4) is 12.3 Å². The second kappa shape index (κ2) is 3.28. The third kappa shape index (κ3) is 1.69. The first-order valence-electron chi connectivity index (χ1n) is 4.00. The maximum atomic E-state index is 9.83. The van der Waals surface area contributed by atoms with E-state index in [0.29, 0.717) is 0 Å². The van der Waals surface area contributed by atoms with Gasteiger partial charge in [-0.2, -0.15) is 0 Å². The number of terminal acetylenes is 1. The molecule has 1 aliphatic heterocycles. The summed E-state index contributed by atoms with van der Waals surface area (Å²) in [6, 6.07) is 0. The van der Waals surface area contributed by atoms with E-state index in [0.717, 1.165) is 0 Å². The smallest absolute Gasteiger partial charge is 0.220 e. The topological polar surface area (TPSA) is 47.9 Å². The normalized spacial score (nSPS) is 45.6. The average molecular weight is 186 g/mol. The second-order valence-electron chi connectivity index (χ2n) is 3.22. The molecular weight excluding hydrogens is 172 g/mol. The third-order valence-electron chi connectivity index (χ3n) is 2.30. The van der Waals surface area contributed by atoms with Gasteiger partial charge in [0.1, 0.15) is 6.10 Å². The summed E-state index contributed by atoms with van der Waals surface area (Å²) in [5, 5.41) is 9.83. The highest BCUT2D eigenvalue weighted by Crippen LogP contribution is 2.33. The van der Waals surface area contributed by atoms with Gasteiger partial charge in [-0.15, -0.1) is 6.42 Å². The molecule has 1 heterocycles. The predicted molar refractivity (Wildman–Crippen MR) is 45.7 cm³/mol. The van der Waals surface area contributed by atoms with E-state index in [1.807, 2.05) is 0 Å². The molecular formula is C9H14O4. The van der Waals surface area contributed by atoms with Crippen molar-refractivity contribution in [3.63, 3.8) is 0 Å². The Morgan fingerprint density at radius 2 is 2.23 bits per heavy atom. The van der Waals surface area contributed by atoms with Crippen LogP contribution in [0, 0.1) is 12.3 Å². The fourth-order valence-corrected chi connectivity index (χ4v) is 1.12. The first-order valence-corrected chi connectivity index (χ1v) is 4.00. The molecule has 3 unspecified atom stereocenters. The molecule has 0 spiro atoms. The van der Waals surface area contributed by atoms with Crippen LogP contribution >= 0.6 is 0 Å². The maximum Gasteiger partial charge on any atom is 0.220 e. The van der Waals surface area contributed by atoms with Crippen LogP contribution in [0.4, 0.5) is 0 Å². The van der Waals surface area contributed by atoms with Gasteiger partial charge in [0.2, 0.25) is 11.6 Å². The third-order valence-corrected chi connectivity index (χ3v) is 2.30. The van der Waals surface area contributed by atoms with Crippen molar-refractivity contribution in [2.24, 2.45) is 0 Å². The second-order valence-corrected chi connectivity index (χ2v) is 3.22. The highest BCUT2D eigenvalue weighted by molar-refractivity contribution is 4.99. The van der Waals surface area contributed by atoms with Crippen LogP contribution in [0.1, 0.15) is 13.8 Å². The van der Waals surface area contributed by atoms with Crippen LogP contribution < -0.4 is 0 Å². The summed E-state index contributed by atoms with van der Waals surface area (Å²) in [5.74, 6) is -0.338. The highest BCUT2D eigenvalue weighted by Gasteiger charge is 2.51. The van der Waals surface area contributed by atoms with Crippen molar-refractivity contribution < 1.29 is 19.3 Å². The Balaban J connectivity index is 2.80. The Morgan fingerprint density at radius 3 is 2.62 bits per heavy atom. The number of rotatable bonds is 1. The monoisotopic (exact) mass is 186 g/mol. The molecule has 3 atom stereocenters. The van der Waals surface area contributed by atoms with Gasteiger partial charge < -0.3 is 19.3 Å². The van der Waals surface area contributed by atoms with E-state index < -0.39 is 17.7 Å². The highest BCUT2D eigenvalue weighted by atomic mass is 16.8. The van der Waals surface area contributed by atoms with E-state index in [-0.39, 0.29) is 6.61 Å². The van der Waals surface area contributed by atoms with Gasteiger partial charge in [-0.05, 0) is 13.8 Å². The molecule has 4 nitrogen and oxygen atoms in total. The lowest BCUT2D eigenvalue weighted by atomic mass is 10.1. The number of ether oxygens (including phenoxy) is 3. The molecule has 0 aromatic carbocycles. The molecule has 13 heavy (non-hydrogen) atoms. The van der Waals surface area contributed by atoms with Gasteiger partial charge >= 0.3 is 0 Å². The Hall–Kier alpha value is -0.600. The minimum Gasteiger partial charge on any atom is -0.361 e. The van der Waals surface area contributed by atoms with Crippen LogP contribution in [0.3, 0.4) is 0 Å². The quantitative estimate of drug-likeness (QED) is 0.590. The van der Waals surface area contributed by atoms with Gasteiger partial charge in [0, 0.05) is 7.11 Å². The Bertz CT molecular complexity index is 230. The Labute approximate surface area is 77.8 Å². The molecule has 0 saturated carbocycles. The maximum absolute atomic E-state index is 9.83. The summed E-state index contributed by atoms with van der Waals surface area (Å²) in [4.78, 5) is 0. The lowest BCUT2D eigenvalue weighted by Gasteiger charge is -2.45. The zero-order valence-electron chi connectivity index (χ0n) is 8.03. The largest absolute Gasteiger partial charge is 0.361 e. The van der Waals surface area contributed by atoms with Crippen molar-refractivity contribution in [2.45, 2.75) is 31.5 Å². The standard InChI is InChI=1S/C9H14O4/c1-5-7-6-12-9(3,11-4)8(2,10)13-7/h1,7,10H,6H2,2-4H3. The SMILES string of the molecule is C#CC1COC(C)(OC)C(C)(O)O1. The molecule has 0 bridgehead atoms. The van der Waals surface area contributed by atoms with Gasteiger partial charge in [0.05, 0.1) is 6.61 Å². The van der Waals surface area contributed by atoms with Crippen molar-refractivity contribution in [1.82, 2.24) is 0 Å². The van der Waals surface area contributed by atoms with Crippen molar-refractivity contribution in [2.75, 3.05) is 13.7 Å². The molecule has 1 saturated heterocycles. The Kier molecular flexibility index (Phi) is 2.64. The van der Waals surface area contributed by atoms with E-state index in [1.165, 1.54) is 14.0 Å². The van der Waals surface area contributed by atoms with Gasteiger partial charge in [-0.3, -0.25) is 0 Å². The molecule has 0 aromatic rings. The molecule has 4 heteroatoms. The number of hydrogen-bond acceptors (Lipinski definition) is 4. The van der Waals surface area contributed by atoms with Gasteiger partial charge in [0.25, 0.3) is 0 Å². The van der Waals surface area contributed by atoms with Crippen molar-refractivity contribution >= 4 is 0 Å². The molecule has 1 fully saturated rings. The van der Waals surface area contributed by atoms with Gasteiger partial charge in [0.15, 0.2) is 0 Å². The lowest BCUT2D eigenvalue weighted by Crippen LogP contribution is -2.61. The number of hydrogen-bond donors (Lipinski definition) is 1. The summed E-state index contributed by atoms with van der Waals surface area (Å²) in [7, 11) is 1.44. The molecule has 0 radical (unpaired) electrons. The van der Waals surface area contributed by atoms with Crippen LogP contribution in [-0.4, -0.2) is 36.5 Å². The average Bonchev–Trinajstić information content (AvgIpc) is 2.09. The number of aliphatic hydroxyl groups is 1. The van der Waals surface area contributed by atoms with Crippen LogP contribution in [0.15, 0.2) is 0 Å². The predicted octanol–water partition coefficient (Wildman–Crippen LogP) is 0.106. The zero-order valence-corrected chi connectivity index (χ0v) is 8.03. The molecule has 74 valence electrons. The molecule has 0 aromatic heterocycles. The lowest BCUT2D eigenvalue weighted by molar-refractivity contribution is -0.418. The number of methoxy groups -OCH3 is 1. The minimum absolute atomic E-state index is 0.219. The van der Waals surface area contributed by atoms with Crippen molar-refractivity contribution in [1.29, 1.82) is 0 Å². The van der Waals surface area contributed by atoms with E-state index in [4.69, 9.17) is 20.6 Å². The molecule has 1 N–H and O–H groups in total. The van der Waals surface area contributed by atoms with Gasteiger partial charge in [-0.25, -0.2) is 0 Å². The summed E-state index contributed by atoms with van der Waals surface area (Å²) < 4.78 is 15.5. The fraction of sp³-hybridized carbons (Fsp3) is 0.778. The van der Waals surface area contributed by atoms with Crippen LogP contribution in [0.25, 0.3) is 0 Å². The van der Waals surface area contributed by atoms with Crippen LogP contribution in [0.5, 0.6) is 0 Å². The van der Waals surface area contributed by atoms with Gasteiger partial charge in [-0.1, -0.05) is 5.92 Å². The van der Waals surface area contributed by atoms with Crippen LogP contribution in [-0.2, 0) is 14.2 Å². The van der Waals surface area contributed by atoms with E-state index >= 15 is 0 Å². The summed E-state index contributed by atoms with van der Waals surface area (Å²) in [6.45, 7) is 3.27. The molecule has 0 aliphatic carbocycles. The van der Waals surface area contributed by atoms with Crippen LogP contribution in [0.2, 0.25) is 0 Å². The molecule has 1 rings (SSSR count). The molecule has 0 amide bonds. The first kappa shape index (κ1) is 10.5. The summed E-state index contributed by atoms with van der Waals surface area (Å²) in [6.07, 6.45) is 4.62. The fourth-order valence-electron chi connectivity index (χ4n) is 1.12. The van der Waals surface area contributed by atoms with Crippen molar-refractivity contribution in [3.05, 3.63) is 0 Å². The summed E-state index contributed by atoms with van der Waals surface area (Å²) >= 11 is 0. The zero-order chi connectivity index (χ0) is 10.1. The van der Waals surface area contributed by atoms with E-state index in [9.17, 15) is 5.11 Å².